The zero-order valence-electron chi connectivity index (χ0n) is 21.7. The minimum absolute atomic E-state index is 0.0132. The number of rotatable bonds is 5. The molecule has 0 aliphatic carbocycles. The molecule has 0 spiro atoms. The number of pyridine rings is 3. The van der Waals surface area contributed by atoms with E-state index < -0.39 is 0 Å². The maximum Gasteiger partial charge on any atom is 0.277 e. The second-order valence-electron chi connectivity index (χ2n) is 9.99. The number of hydrogen-bond acceptors (Lipinski definition) is 6. The molecular weight excluding hydrogens is 474 g/mol. The molecule has 0 unspecified atom stereocenters. The molecule has 186 valence electrons. The Labute approximate surface area is 216 Å². The van der Waals surface area contributed by atoms with E-state index in [-0.39, 0.29) is 22.6 Å². The molecule has 4 aromatic rings. The molecule has 0 bridgehead atoms. The minimum atomic E-state index is -0.362. The third kappa shape index (κ3) is 5.16. The van der Waals surface area contributed by atoms with E-state index in [9.17, 15) is 4.79 Å². The van der Waals surface area contributed by atoms with Crippen LogP contribution in [0.25, 0.3) is 17.1 Å². The fourth-order valence-corrected chi connectivity index (χ4v) is 4.06. The van der Waals surface area contributed by atoms with E-state index in [1.165, 1.54) is 0 Å². The van der Waals surface area contributed by atoms with Crippen LogP contribution in [0.5, 0.6) is 5.75 Å². The topological polar surface area (TPSA) is 82.8 Å². The zero-order chi connectivity index (χ0) is 26.2. The Balaban J connectivity index is 1.75. The van der Waals surface area contributed by atoms with Crippen LogP contribution in [0, 0.1) is 27.7 Å². The van der Waals surface area contributed by atoms with E-state index in [4.69, 9.17) is 21.3 Å². The van der Waals surface area contributed by atoms with Crippen LogP contribution >= 0.6 is 11.6 Å². The molecule has 0 saturated heterocycles. The van der Waals surface area contributed by atoms with Crippen LogP contribution in [0.15, 0.2) is 47.5 Å². The first-order chi connectivity index (χ1) is 17.0. The summed E-state index contributed by atoms with van der Waals surface area (Å²) in [7, 11) is 0. The van der Waals surface area contributed by atoms with Gasteiger partial charge in [0.1, 0.15) is 23.2 Å². The van der Waals surface area contributed by atoms with Crippen LogP contribution in [-0.2, 0) is 12.0 Å². The van der Waals surface area contributed by atoms with E-state index in [2.05, 4.69) is 35.7 Å². The predicted octanol–water partition coefficient (Wildman–Crippen LogP) is 5.85. The standard InChI is InChI=1S/C28H30ClN5O2/c1-16-13-30-21(25-17(2)14-31-27(33-25)28(5,6)7)12-22(16)34-19(4)11-23(24(29)26(34)35)36-15-20-10-8-9-18(3)32-20/h8-14H,15H2,1-7H3. The summed E-state index contributed by atoms with van der Waals surface area (Å²) in [6, 6.07) is 9.35. The molecular formula is C28H30ClN5O2. The molecule has 36 heavy (non-hydrogen) atoms. The van der Waals surface area contributed by atoms with Gasteiger partial charge in [-0.25, -0.2) is 9.97 Å². The Morgan fingerprint density at radius 1 is 0.972 bits per heavy atom. The lowest BCUT2D eigenvalue weighted by atomic mass is 9.95. The predicted molar refractivity (Wildman–Crippen MR) is 142 cm³/mol. The van der Waals surface area contributed by atoms with Crippen LogP contribution in [-0.4, -0.2) is 24.5 Å². The van der Waals surface area contributed by atoms with Crippen LogP contribution < -0.4 is 10.3 Å². The highest BCUT2D eigenvalue weighted by Gasteiger charge is 2.21. The molecule has 0 fully saturated rings. The molecule has 0 aromatic carbocycles. The van der Waals surface area contributed by atoms with Gasteiger partial charge < -0.3 is 4.74 Å². The number of hydrogen-bond donors (Lipinski definition) is 0. The molecule has 0 N–H and O–H groups in total. The normalized spacial score (nSPS) is 11.6. The van der Waals surface area contributed by atoms with Crippen molar-refractivity contribution in [3.05, 3.63) is 92.1 Å². The number of halogens is 1. The van der Waals surface area contributed by atoms with E-state index in [0.717, 1.165) is 34.0 Å². The van der Waals surface area contributed by atoms with Crippen LogP contribution in [0.2, 0.25) is 5.02 Å². The first-order valence-electron chi connectivity index (χ1n) is 11.7. The van der Waals surface area contributed by atoms with Crippen LogP contribution in [0.4, 0.5) is 0 Å². The maximum absolute atomic E-state index is 13.4. The first kappa shape index (κ1) is 25.5. The molecule has 0 aliphatic rings. The largest absolute Gasteiger partial charge is 0.485 e. The maximum atomic E-state index is 13.4. The van der Waals surface area contributed by atoms with Gasteiger partial charge >= 0.3 is 0 Å². The highest BCUT2D eigenvalue weighted by atomic mass is 35.5. The lowest BCUT2D eigenvalue weighted by Gasteiger charge is -2.19. The lowest BCUT2D eigenvalue weighted by molar-refractivity contribution is 0.300. The molecule has 8 heteroatoms. The summed E-state index contributed by atoms with van der Waals surface area (Å²) >= 11 is 6.51. The van der Waals surface area contributed by atoms with Crippen molar-refractivity contribution in [1.82, 2.24) is 24.5 Å². The smallest absolute Gasteiger partial charge is 0.277 e. The Morgan fingerprint density at radius 3 is 2.39 bits per heavy atom. The number of nitrogens with zero attached hydrogens (tertiary/aromatic N) is 5. The third-order valence-electron chi connectivity index (χ3n) is 5.82. The van der Waals surface area contributed by atoms with Gasteiger partial charge in [0.2, 0.25) is 0 Å². The van der Waals surface area contributed by atoms with E-state index in [1.54, 1.807) is 16.8 Å². The number of ether oxygens (including phenoxy) is 1. The summed E-state index contributed by atoms with van der Waals surface area (Å²) in [6.07, 6.45) is 3.56. The quantitative estimate of drug-likeness (QED) is 0.340. The van der Waals surface area contributed by atoms with Crippen molar-refractivity contribution in [1.29, 1.82) is 0 Å². The highest BCUT2D eigenvalue weighted by Crippen LogP contribution is 2.29. The average molecular weight is 504 g/mol. The van der Waals surface area contributed by atoms with Crippen LogP contribution in [0.1, 0.15) is 54.8 Å². The van der Waals surface area contributed by atoms with Crippen molar-refractivity contribution < 1.29 is 4.74 Å². The van der Waals surface area contributed by atoms with Gasteiger partial charge in [-0.1, -0.05) is 38.4 Å². The second-order valence-corrected chi connectivity index (χ2v) is 10.4. The molecule has 0 atom stereocenters. The second kappa shape index (κ2) is 9.82. The fraction of sp³-hybridized carbons (Fsp3) is 0.321. The molecule has 0 radical (unpaired) electrons. The number of aromatic nitrogens is 5. The summed E-state index contributed by atoms with van der Waals surface area (Å²) in [5.74, 6) is 1.06. The minimum Gasteiger partial charge on any atom is -0.485 e. The molecule has 0 aliphatic heterocycles. The molecule has 0 saturated carbocycles. The number of aryl methyl sites for hydroxylation is 4. The molecule has 4 rings (SSSR count). The van der Waals surface area contributed by atoms with Gasteiger partial charge in [0.05, 0.1) is 22.8 Å². The molecule has 7 nitrogen and oxygen atoms in total. The molecule has 0 amide bonds. The summed E-state index contributed by atoms with van der Waals surface area (Å²) in [5, 5.41) is 0.0132. The van der Waals surface area contributed by atoms with Gasteiger partial charge in [-0.3, -0.25) is 19.3 Å². The van der Waals surface area contributed by atoms with E-state index in [1.807, 2.05) is 58.2 Å². The first-order valence-corrected chi connectivity index (χ1v) is 12.1. The van der Waals surface area contributed by atoms with Gasteiger partial charge in [0.15, 0.2) is 0 Å². The summed E-state index contributed by atoms with van der Waals surface area (Å²) in [5.41, 5.74) is 5.59. The average Bonchev–Trinajstić information content (AvgIpc) is 2.81. The van der Waals surface area contributed by atoms with E-state index >= 15 is 0 Å². The van der Waals surface area contributed by atoms with Gasteiger partial charge in [0, 0.05) is 35.3 Å². The SMILES string of the molecule is Cc1cccc(COc2cc(C)n(-c3cc(-c4nc(C(C)(C)C)ncc4C)ncc3C)c(=O)c2Cl)n1. The van der Waals surface area contributed by atoms with Gasteiger partial charge in [-0.05, 0) is 57.0 Å². The van der Waals surface area contributed by atoms with Gasteiger partial charge in [0.25, 0.3) is 5.56 Å². The van der Waals surface area contributed by atoms with Crippen molar-refractivity contribution in [3.63, 3.8) is 0 Å². The monoisotopic (exact) mass is 503 g/mol. The van der Waals surface area contributed by atoms with Crippen molar-refractivity contribution in [2.24, 2.45) is 0 Å². The van der Waals surface area contributed by atoms with Crippen molar-refractivity contribution in [2.75, 3.05) is 0 Å². The summed E-state index contributed by atoms with van der Waals surface area (Å²) < 4.78 is 7.46. The molecule has 4 aromatic heterocycles. The Kier molecular flexibility index (Phi) is 6.96. The summed E-state index contributed by atoms with van der Waals surface area (Å²) in [4.78, 5) is 31.8. The Morgan fingerprint density at radius 2 is 1.69 bits per heavy atom. The molecule has 4 heterocycles. The van der Waals surface area contributed by atoms with Crippen molar-refractivity contribution in [3.8, 4) is 22.8 Å². The van der Waals surface area contributed by atoms with Crippen LogP contribution in [0.3, 0.4) is 0 Å². The van der Waals surface area contributed by atoms with Gasteiger partial charge in [-0.15, -0.1) is 0 Å². The Hall–Kier alpha value is -3.58. The summed E-state index contributed by atoms with van der Waals surface area (Å²) in [6.45, 7) is 14.0. The zero-order valence-corrected chi connectivity index (χ0v) is 22.4. The van der Waals surface area contributed by atoms with Crippen molar-refractivity contribution >= 4 is 11.6 Å². The van der Waals surface area contributed by atoms with Crippen molar-refractivity contribution in [2.45, 2.75) is 60.5 Å². The van der Waals surface area contributed by atoms with E-state index in [0.29, 0.717) is 22.8 Å². The highest BCUT2D eigenvalue weighted by molar-refractivity contribution is 6.31. The van der Waals surface area contributed by atoms with Gasteiger partial charge in [-0.2, -0.15) is 0 Å². The fourth-order valence-electron chi connectivity index (χ4n) is 3.86. The third-order valence-corrected chi connectivity index (χ3v) is 6.17. The Bertz CT molecular complexity index is 1510. The lowest BCUT2D eigenvalue weighted by Crippen LogP contribution is -2.23.